The van der Waals surface area contributed by atoms with Gasteiger partial charge in [-0.2, -0.15) is 5.10 Å². The zero-order valence-electron chi connectivity index (χ0n) is 18.1. The number of rotatable bonds is 3. The Balaban J connectivity index is 1.72. The van der Waals surface area contributed by atoms with Crippen LogP contribution in [0.5, 0.6) is 5.75 Å². The van der Waals surface area contributed by atoms with Crippen molar-refractivity contribution in [3.8, 4) is 11.4 Å². The van der Waals surface area contributed by atoms with E-state index >= 15 is 0 Å². The molecule has 0 saturated carbocycles. The fraction of sp³-hybridized carbons (Fsp3) is 0.261. The van der Waals surface area contributed by atoms with E-state index in [1.807, 2.05) is 41.3 Å². The van der Waals surface area contributed by atoms with Crippen molar-refractivity contribution in [1.82, 2.24) is 24.2 Å². The van der Waals surface area contributed by atoms with E-state index in [1.54, 1.807) is 30.5 Å². The standard InChI is InChI=1S/C23H23ClN6O2/c1-13-4-5-18(32-3)14(2)20(13)30-21(25)19(17-10-15(24)11-26-22(17)30)23(31)28-8-9-29-16(12-28)6-7-27-29/h4-7,10-11H,8-9,12,25H2,1-3H3. The Morgan fingerprint density at radius 1 is 1.22 bits per heavy atom. The second-order valence-corrected chi connectivity index (χ2v) is 8.39. The maximum absolute atomic E-state index is 13.7. The first kappa shape index (κ1) is 20.4. The van der Waals surface area contributed by atoms with Gasteiger partial charge in [0, 0.05) is 29.9 Å². The number of aryl methyl sites for hydroxylation is 1. The zero-order chi connectivity index (χ0) is 22.6. The van der Waals surface area contributed by atoms with Crippen LogP contribution in [0, 0.1) is 13.8 Å². The molecule has 1 aromatic carbocycles. The van der Waals surface area contributed by atoms with Gasteiger partial charge in [-0.05, 0) is 37.6 Å². The molecule has 9 heteroatoms. The summed E-state index contributed by atoms with van der Waals surface area (Å²) in [5.74, 6) is 0.914. The van der Waals surface area contributed by atoms with E-state index in [2.05, 4.69) is 10.1 Å². The third-order valence-corrected chi connectivity index (χ3v) is 6.28. The van der Waals surface area contributed by atoms with Crippen LogP contribution < -0.4 is 10.5 Å². The van der Waals surface area contributed by atoms with Gasteiger partial charge in [-0.15, -0.1) is 0 Å². The van der Waals surface area contributed by atoms with Crippen LogP contribution in [0.2, 0.25) is 5.02 Å². The Kier molecular flexibility index (Phi) is 4.82. The van der Waals surface area contributed by atoms with Crippen molar-refractivity contribution in [2.45, 2.75) is 26.9 Å². The summed E-state index contributed by atoms with van der Waals surface area (Å²) in [5.41, 5.74) is 11.4. The van der Waals surface area contributed by atoms with E-state index in [0.717, 1.165) is 28.3 Å². The number of nitrogen functional groups attached to an aromatic ring is 1. The number of methoxy groups -OCH3 is 1. The molecule has 1 aliphatic heterocycles. The molecule has 0 radical (unpaired) electrons. The maximum atomic E-state index is 13.7. The molecule has 0 fully saturated rings. The summed E-state index contributed by atoms with van der Waals surface area (Å²) in [5, 5.41) is 5.36. The predicted molar refractivity (Wildman–Crippen MR) is 123 cm³/mol. The minimum Gasteiger partial charge on any atom is -0.496 e. The number of benzene rings is 1. The van der Waals surface area contributed by atoms with Crippen LogP contribution in [0.3, 0.4) is 0 Å². The summed E-state index contributed by atoms with van der Waals surface area (Å²) >= 11 is 6.28. The maximum Gasteiger partial charge on any atom is 0.258 e. The molecule has 0 unspecified atom stereocenters. The summed E-state index contributed by atoms with van der Waals surface area (Å²) in [6.07, 6.45) is 3.32. The second kappa shape index (κ2) is 7.56. The van der Waals surface area contributed by atoms with Gasteiger partial charge in [0.1, 0.15) is 17.2 Å². The van der Waals surface area contributed by atoms with Crippen LogP contribution in [0.15, 0.2) is 36.7 Å². The number of anilines is 1. The lowest BCUT2D eigenvalue weighted by molar-refractivity contribution is 0.0709. The van der Waals surface area contributed by atoms with E-state index in [-0.39, 0.29) is 5.91 Å². The summed E-state index contributed by atoms with van der Waals surface area (Å²) in [6, 6.07) is 7.56. The van der Waals surface area contributed by atoms with Gasteiger partial charge in [-0.25, -0.2) is 4.98 Å². The van der Waals surface area contributed by atoms with Crippen molar-refractivity contribution in [3.05, 3.63) is 64.1 Å². The highest BCUT2D eigenvalue weighted by Crippen LogP contribution is 2.37. The van der Waals surface area contributed by atoms with Gasteiger partial charge in [-0.3, -0.25) is 14.0 Å². The molecule has 8 nitrogen and oxygen atoms in total. The van der Waals surface area contributed by atoms with E-state index in [4.69, 9.17) is 22.1 Å². The Morgan fingerprint density at radius 2 is 2.03 bits per heavy atom. The molecule has 0 spiro atoms. The van der Waals surface area contributed by atoms with Crippen LogP contribution in [-0.2, 0) is 13.1 Å². The summed E-state index contributed by atoms with van der Waals surface area (Å²) in [6.45, 7) is 5.62. The molecule has 1 amide bonds. The Morgan fingerprint density at radius 3 is 2.81 bits per heavy atom. The molecular weight excluding hydrogens is 428 g/mol. The average Bonchev–Trinajstić information content (AvgIpc) is 3.35. The predicted octanol–water partition coefficient (Wildman–Crippen LogP) is 3.74. The van der Waals surface area contributed by atoms with Gasteiger partial charge in [0.25, 0.3) is 5.91 Å². The number of hydrogen-bond donors (Lipinski definition) is 1. The van der Waals surface area contributed by atoms with Gasteiger partial charge in [-0.1, -0.05) is 17.7 Å². The Hall–Kier alpha value is -3.52. The van der Waals surface area contributed by atoms with Gasteiger partial charge in [0.15, 0.2) is 0 Å². The highest BCUT2D eigenvalue weighted by Gasteiger charge is 2.30. The van der Waals surface area contributed by atoms with Crippen LogP contribution >= 0.6 is 11.6 Å². The number of fused-ring (bicyclic) bond motifs is 2. The number of ether oxygens (including phenoxy) is 1. The van der Waals surface area contributed by atoms with Gasteiger partial charge < -0.3 is 15.4 Å². The number of hydrogen-bond acceptors (Lipinski definition) is 5. The number of pyridine rings is 1. The van der Waals surface area contributed by atoms with Crippen LogP contribution in [0.25, 0.3) is 16.7 Å². The van der Waals surface area contributed by atoms with Gasteiger partial charge in [0.2, 0.25) is 0 Å². The fourth-order valence-corrected chi connectivity index (χ4v) is 4.67. The van der Waals surface area contributed by atoms with Crippen LogP contribution in [0.4, 0.5) is 5.82 Å². The zero-order valence-corrected chi connectivity index (χ0v) is 18.8. The van der Waals surface area contributed by atoms with E-state index in [1.165, 1.54) is 0 Å². The molecule has 0 atom stereocenters. The molecule has 5 rings (SSSR count). The smallest absolute Gasteiger partial charge is 0.258 e. The Bertz CT molecular complexity index is 1370. The van der Waals surface area contributed by atoms with Crippen LogP contribution in [0.1, 0.15) is 27.2 Å². The minimum absolute atomic E-state index is 0.152. The third-order valence-electron chi connectivity index (χ3n) is 6.08. The van der Waals surface area contributed by atoms with Gasteiger partial charge in [0.05, 0.1) is 42.2 Å². The summed E-state index contributed by atoms with van der Waals surface area (Å²) in [7, 11) is 1.63. The topological polar surface area (TPSA) is 91.2 Å². The number of nitrogens with zero attached hydrogens (tertiary/aromatic N) is 5. The van der Waals surface area contributed by atoms with Crippen molar-refractivity contribution in [2.75, 3.05) is 19.4 Å². The molecule has 4 heterocycles. The van der Waals surface area contributed by atoms with Crippen molar-refractivity contribution >= 4 is 34.4 Å². The molecule has 32 heavy (non-hydrogen) atoms. The third kappa shape index (κ3) is 3.02. The number of carbonyl (C=O) groups excluding carboxylic acids is 1. The lowest BCUT2D eigenvalue weighted by atomic mass is 10.1. The lowest BCUT2D eigenvalue weighted by Gasteiger charge is -2.27. The normalized spacial score (nSPS) is 13.4. The number of aromatic nitrogens is 4. The Labute approximate surface area is 190 Å². The highest BCUT2D eigenvalue weighted by atomic mass is 35.5. The quantitative estimate of drug-likeness (QED) is 0.513. The summed E-state index contributed by atoms with van der Waals surface area (Å²) in [4.78, 5) is 20.1. The fourth-order valence-electron chi connectivity index (χ4n) is 4.51. The lowest BCUT2D eigenvalue weighted by Crippen LogP contribution is -2.38. The first-order valence-corrected chi connectivity index (χ1v) is 10.7. The van der Waals surface area contributed by atoms with Crippen molar-refractivity contribution in [1.29, 1.82) is 0 Å². The second-order valence-electron chi connectivity index (χ2n) is 7.95. The number of amides is 1. The largest absolute Gasteiger partial charge is 0.496 e. The minimum atomic E-state index is -0.152. The molecule has 1 aliphatic rings. The summed E-state index contributed by atoms with van der Waals surface area (Å²) < 4.78 is 9.28. The first-order valence-electron chi connectivity index (χ1n) is 10.3. The van der Waals surface area contributed by atoms with E-state index in [9.17, 15) is 4.79 Å². The van der Waals surface area contributed by atoms with Crippen molar-refractivity contribution < 1.29 is 9.53 Å². The molecule has 164 valence electrons. The number of halogens is 1. The molecule has 0 bridgehead atoms. The molecule has 0 aliphatic carbocycles. The number of nitrogens with two attached hydrogens (primary N) is 1. The highest BCUT2D eigenvalue weighted by molar-refractivity contribution is 6.31. The first-order chi connectivity index (χ1) is 15.4. The monoisotopic (exact) mass is 450 g/mol. The van der Waals surface area contributed by atoms with Crippen molar-refractivity contribution in [2.24, 2.45) is 0 Å². The molecule has 3 aromatic heterocycles. The SMILES string of the molecule is COc1ccc(C)c(-n2c(N)c(C(=O)N3CCn4nccc4C3)c3cc(Cl)cnc32)c1C. The van der Waals surface area contributed by atoms with Crippen LogP contribution in [-0.4, -0.2) is 43.8 Å². The van der Waals surface area contributed by atoms with E-state index < -0.39 is 0 Å². The van der Waals surface area contributed by atoms with E-state index in [0.29, 0.717) is 47.1 Å². The van der Waals surface area contributed by atoms with Gasteiger partial charge >= 0.3 is 0 Å². The number of carbonyl (C=O) groups is 1. The van der Waals surface area contributed by atoms with Crippen molar-refractivity contribution in [3.63, 3.8) is 0 Å². The molecule has 4 aromatic rings. The molecule has 0 saturated heterocycles. The molecule has 2 N–H and O–H groups in total. The molecular formula is C23H23ClN6O2. The average molecular weight is 451 g/mol.